The van der Waals surface area contributed by atoms with Crippen molar-refractivity contribution in [3.63, 3.8) is 0 Å². The van der Waals surface area contributed by atoms with E-state index >= 15 is 0 Å². The molecule has 0 aromatic heterocycles. The molecule has 1 nitrogen and oxygen atoms in total. The number of aliphatic hydroxyl groups excluding tert-OH is 1. The molecule has 1 rings (SSSR count). The zero-order valence-corrected chi connectivity index (χ0v) is 12.9. The SMILES string of the molecule is CC(C)CC(C)C(O)Cc1ccc(Br)cc1Cl. The van der Waals surface area contributed by atoms with Gasteiger partial charge in [0.25, 0.3) is 0 Å². The summed E-state index contributed by atoms with van der Waals surface area (Å²) in [4.78, 5) is 0. The van der Waals surface area contributed by atoms with Crippen molar-refractivity contribution in [1.82, 2.24) is 0 Å². The minimum atomic E-state index is -0.323. The van der Waals surface area contributed by atoms with E-state index in [0.717, 1.165) is 21.5 Å². The third-order valence-corrected chi connectivity index (χ3v) is 3.79. The Bertz CT molecular complexity index is 365. The molecule has 0 heterocycles. The molecule has 0 bridgehead atoms. The number of hydrogen-bond donors (Lipinski definition) is 1. The summed E-state index contributed by atoms with van der Waals surface area (Å²) in [7, 11) is 0. The molecule has 1 N–H and O–H groups in total. The molecule has 0 saturated carbocycles. The first-order valence-corrected chi connectivity index (χ1v) is 7.19. The molecular formula is C14H20BrClO. The van der Waals surface area contributed by atoms with Crippen LogP contribution in [0.3, 0.4) is 0 Å². The van der Waals surface area contributed by atoms with Gasteiger partial charge in [0.15, 0.2) is 0 Å². The average Bonchev–Trinajstić information content (AvgIpc) is 2.21. The summed E-state index contributed by atoms with van der Waals surface area (Å²) >= 11 is 9.52. The maximum Gasteiger partial charge on any atom is 0.0606 e. The molecule has 0 aliphatic heterocycles. The molecule has 2 unspecified atom stereocenters. The quantitative estimate of drug-likeness (QED) is 0.835. The second-order valence-corrected chi connectivity index (χ2v) is 6.44. The molecule has 0 fully saturated rings. The molecule has 0 aliphatic carbocycles. The van der Waals surface area contributed by atoms with Gasteiger partial charge >= 0.3 is 0 Å². The number of benzene rings is 1. The van der Waals surface area contributed by atoms with Crippen molar-refractivity contribution in [1.29, 1.82) is 0 Å². The maximum absolute atomic E-state index is 10.1. The Labute approximate surface area is 117 Å². The standard InChI is InChI=1S/C14H20BrClO/c1-9(2)6-10(3)14(17)7-11-4-5-12(15)8-13(11)16/h4-5,8-10,14,17H,6-7H2,1-3H3. The Kier molecular flexibility index (Phi) is 5.98. The van der Waals surface area contributed by atoms with E-state index in [2.05, 4.69) is 36.7 Å². The lowest BCUT2D eigenvalue weighted by Gasteiger charge is -2.21. The normalized spacial score (nSPS) is 15.0. The summed E-state index contributed by atoms with van der Waals surface area (Å²) in [5, 5.41) is 10.9. The van der Waals surface area contributed by atoms with Gasteiger partial charge in [0, 0.05) is 15.9 Å². The van der Waals surface area contributed by atoms with Crippen molar-refractivity contribution in [2.75, 3.05) is 0 Å². The van der Waals surface area contributed by atoms with E-state index in [-0.39, 0.29) is 6.10 Å². The van der Waals surface area contributed by atoms with Gasteiger partial charge in [-0.25, -0.2) is 0 Å². The predicted octanol–water partition coefficient (Wildman–Crippen LogP) is 4.69. The highest BCUT2D eigenvalue weighted by molar-refractivity contribution is 9.10. The molecule has 96 valence electrons. The second-order valence-electron chi connectivity index (χ2n) is 5.11. The zero-order valence-electron chi connectivity index (χ0n) is 10.6. The fourth-order valence-corrected chi connectivity index (χ4v) is 2.76. The molecule has 0 aliphatic rings. The minimum Gasteiger partial charge on any atom is -0.393 e. The lowest BCUT2D eigenvalue weighted by molar-refractivity contribution is 0.105. The molecule has 1 aromatic rings. The maximum atomic E-state index is 10.1. The molecule has 0 radical (unpaired) electrons. The van der Waals surface area contributed by atoms with Crippen LogP contribution in [-0.2, 0) is 6.42 Å². The predicted molar refractivity (Wildman–Crippen MR) is 77.5 cm³/mol. The van der Waals surface area contributed by atoms with Crippen LogP contribution in [-0.4, -0.2) is 11.2 Å². The monoisotopic (exact) mass is 318 g/mol. The van der Waals surface area contributed by atoms with Crippen molar-refractivity contribution >= 4 is 27.5 Å². The molecule has 0 saturated heterocycles. The molecule has 3 heteroatoms. The number of halogens is 2. The Morgan fingerprint density at radius 2 is 1.94 bits per heavy atom. The van der Waals surface area contributed by atoms with Crippen LogP contribution >= 0.6 is 27.5 Å². The van der Waals surface area contributed by atoms with Crippen LogP contribution in [0.1, 0.15) is 32.8 Å². The lowest BCUT2D eigenvalue weighted by atomic mass is 9.90. The highest BCUT2D eigenvalue weighted by atomic mass is 79.9. The Balaban J connectivity index is 2.64. The van der Waals surface area contributed by atoms with E-state index < -0.39 is 0 Å². The van der Waals surface area contributed by atoms with E-state index in [1.165, 1.54) is 0 Å². The van der Waals surface area contributed by atoms with Gasteiger partial charge in [0.05, 0.1) is 6.10 Å². The highest BCUT2D eigenvalue weighted by Crippen LogP contribution is 2.25. The molecular weight excluding hydrogens is 300 g/mol. The summed E-state index contributed by atoms with van der Waals surface area (Å²) < 4.78 is 0.968. The van der Waals surface area contributed by atoms with Crippen LogP contribution in [0.4, 0.5) is 0 Å². The van der Waals surface area contributed by atoms with Crippen molar-refractivity contribution in [3.8, 4) is 0 Å². The fraction of sp³-hybridized carbons (Fsp3) is 0.571. The lowest BCUT2D eigenvalue weighted by Crippen LogP contribution is -2.22. The van der Waals surface area contributed by atoms with Gasteiger partial charge in [-0.3, -0.25) is 0 Å². The van der Waals surface area contributed by atoms with Crippen LogP contribution < -0.4 is 0 Å². The van der Waals surface area contributed by atoms with Gasteiger partial charge < -0.3 is 5.11 Å². The molecule has 1 aromatic carbocycles. The van der Waals surface area contributed by atoms with E-state index in [4.69, 9.17) is 11.6 Å². The van der Waals surface area contributed by atoms with Crippen molar-refractivity contribution in [3.05, 3.63) is 33.3 Å². The topological polar surface area (TPSA) is 20.2 Å². The summed E-state index contributed by atoms with van der Waals surface area (Å²) in [5.41, 5.74) is 1.01. The zero-order chi connectivity index (χ0) is 13.0. The van der Waals surface area contributed by atoms with Gasteiger partial charge in [-0.2, -0.15) is 0 Å². The minimum absolute atomic E-state index is 0.301. The molecule has 2 atom stereocenters. The van der Waals surface area contributed by atoms with Crippen LogP contribution in [0.15, 0.2) is 22.7 Å². The van der Waals surface area contributed by atoms with Gasteiger partial charge in [0.2, 0.25) is 0 Å². The van der Waals surface area contributed by atoms with Crippen LogP contribution in [0.5, 0.6) is 0 Å². The van der Waals surface area contributed by atoms with Crippen LogP contribution in [0.2, 0.25) is 5.02 Å². The van der Waals surface area contributed by atoms with Gasteiger partial charge in [0.1, 0.15) is 0 Å². The number of hydrogen-bond acceptors (Lipinski definition) is 1. The third kappa shape index (κ3) is 4.99. The number of rotatable bonds is 5. The average molecular weight is 320 g/mol. The van der Waals surface area contributed by atoms with E-state index in [1.807, 2.05) is 18.2 Å². The highest BCUT2D eigenvalue weighted by Gasteiger charge is 2.17. The largest absolute Gasteiger partial charge is 0.393 e. The summed E-state index contributed by atoms with van der Waals surface area (Å²) in [5.74, 6) is 0.912. The Morgan fingerprint density at radius 1 is 1.29 bits per heavy atom. The molecule has 0 spiro atoms. The fourth-order valence-electron chi connectivity index (χ4n) is 2.01. The smallest absolute Gasteiger partial charge is 0.0606 e. The van der Waals surface area contributed by atoms with Crippen molar-refractivity contribution < 1.29 is 5.11 Å². The molecule has 17 heavy (non-hydrogen) atoms. The summed E-state index contributed by atoms with van der Waals surface area (Å²) in [6.07, 6.45) is 1.34. The summed E-state index contributed by atoms with van der Waals surface area (Å²) in [6, 6.07) is 5.80. The van der Waals surface area contributed by atoms with Crippen LogP contribution in [0, 0.1) is 11.8 Å². The Morgan fingerprint density at radius 3 is 2.47 bits per heavy atom. The van der Waals surface area contributed by atoms with Gasteiger partial charge in [-0.15, -0.1) is 0 Å². The van der Waals surface area contributed by atoms with E-state index in [1.54, 1.807) is 0 Å². The Hall–Kier alpha value is -0.0500. The molecule has 0 amide bonds. The van der Waals surface area contributed by atoms with E-state index in [9.17, 15) is 5.11 Å². The summed E-state index contributed by atoms with van der Waals surface area (Å²) in [6.45, 7) is 6.45. The first-order valence-electron chi connectivity index (χ1n) is 6.02. The first-order chi connectivity index (χ1) is 7.90. The van der Waals surface area contributed by atoms with Crippen molar-refractivity contribution in [2.24, 2.45) is 11.8 Å². The third-order valence-electron chi connectivity index (χ3n) is 2.94. The second kappa shape index (κ2) is 6.77. The first kappa shape index (κ1) is 15.0. The van der Waals surface area contributed by atoms with Gasteiger partial charge in [-0.1, -0.05) is 54.4 Å². The number of aliphatic hydroxyl groups is 1. The van der Waals surface area contributed by atoms with Crippen molar-refractivity contribution in [2.45, 2.75) is 39.7 Å². The van der Waals surface area contributed by atoms with E-state index in [0.29, 0.717) is 18.3 Å². The van der Waals surface area contributed by atoms with Crippen LogP contribution in [0.25, 0.3) is 0 Å². The van der Waals surface area contributed by atoms with Gasteiger partial charge in [-0.05, 0) is 36.0 Å².